The fourth-order valence-electron chi connectivity index (χ4n) is 7.06. The standard InChI is InChI=1S/C48H32/c1-3-10-33(11-4-1)36-18-19-38-27-41(22-20-37(38)26-36)45-30-44(34-12-5-2-6-13-34)31-46(32-45)42-23-21-40-29-43(25-24-39(40)28-42)48-17-9-15-35-14-7-8-16-47(35)48/h1-32H. The summed E-state index contributed by atoms with van der Waals surface area (Å²) in [4.78, 5) is 0. The van der Waals surface area contributed by atoms with Crippen molar-refractivity contribution in [2.24, 2.45) is 0 Å². The Hall–Kier alpha value is -6.24. The summed E-state index contributed by atoms with van der Waals surface area (Å²) in [6.45, 7) is 0. The molecule has 9 aromatic rings. The first-order valence-electron chi connectivity index (χ1n) is 16.6. The van der Waals surface area contributed by atoms with Gasteiger partial charge in [-0.05, 0) is 130 Å². The highest BCUT2D eigenvalue weighted by molar-refractivity contribution is 6.00. The van der Waals surface area contributed by atoms with Crippen molar-refractivity contribution < 1.29 is 0 Å². The van der Waals surface area contributed by atoms with Gasteiger partial charge in [0.25, 0.3) is 0 Å². The molecule has 0 heterocycles. The van der Waals surface area contributed by atoms with Crippen LogP contribution in [0.25, 0.3) is 88.0 Å². The average molecular weight is 609 g/mol. The number of hydrogen-bond donors (Lipinski definition) is 0. The van der Waals surface area contributed by atoms with Crippen LogP contribution in [0.4, 0.5) is 0 Å². The fraction of sp³-hybridized carbons (Fsp3) is 0. The average Bonchev–Trinajstić information content (AvgIpc) is 3.17. The van der Waals surface area contributed by atoms with Crippen LogP contribution in [0.3, 0.4) is 0 Å². The molecule has 0 heteroatoms. The minimum atomic E-state index is 1.21. The first kappa shape index (κ1) is 28.0. The van der Waals surface area contributed by atoms with Gasteiger partial charge in [-0.2, -0.15) is 0 Å². The molecule has 0 aliphatic rings. The predicted molar refractivity (Wildman–Crippen MR) is 206 cm³/mol. The number of fused-ring (bicyclic) bond motifs is 3. The van der Waals surface area contributed by atoms with Gasteiger partial charge in [0.2, 0.25) is 0 Å². The Kier molecular flexibility index (Phi) is 6.91. The smallest absolute Gasteiger partial charge is 0.0105 e. The van der Waals surface area contributed by atoms with E-state index in [1.807, 2.05) is 0 Å². The summed E-state index contributed by atoms with van der Waals surface area (Å²) < 4.78 is 0. The number of rotatable bonds is 5. The first-order valence-corrected chi connectivity index (χ1v) is 16.6. The van der Waals surface area contributed by atoms with Crippen LogP contribution in [0.2, 0.25) is 0 Å². The van der Waals surface area contributed by atoms with E-state index in [0.29, 0.717) is 0 Å². The highest BCUT2D eigenvalue weighted by Crippen LogP contribution is 2.37. The molecule has 9 aromatic carbocycles. The van der Waals surface area contributed by atoms with Crippen molar-refractivity contribution in [1.29, 1.82) is 0 Å². The molecule has 0 nitrogen and oxygen atoms in total. The Morgan fingerprint density at radius 2 is 0.583 bits per heavy atom. The van der Waals surface area contributed by atoms with Gasteiger partial charge in [0, 0.05) is 0 Å². The van der Waals surface area contributed by atoms with Gasteiger partial charge in [-0.3, -0.25) is 0 Å². The van der Waals surface area contributed by atoms with Gasteiger partial charge in [0.1, 0.15) is 0 Å². The van der Waals surface area contributed by atoms with Crippen molar-refractivity contribution in [3.63, 3.8) is 0 Å². The summed E-state index contributed by atoms with van der Waals surface area (Å²) in [5.41, 5.74) is 12.3. The van der Waals surface area contributed by atoms with E-state index in [1.54, 1.807) is 0 Å². The molecule has 0 amide bonds. The third kappa shape index (κ3) is 5.24. The summed E-state index contributed by atoms with van der Waals surface area (Å²) >= 11 is 0. The zero-order chi connectivity index (χ0) is 31.9. The van der Waals surface area contributed by atoms with Crippen LogP contribution in [0.5, 0.6) is 0 Å². The quantitative estimate of drug-likeness (QED) is 0.182. The van der Waals surface area contributed by atoms with Crippen LogP contribution in [0.1, 0.15) is 0 Å². The van der Waals surface area contributed by atoms with E-state index < -0.39 is 0 Å². The van der Waals surface area contributed by atoms with Crippen LogP contribution in [0.15, 0.2) is 194 Å². The molecule has 0 aliphatic heterocycles. The topological polar surface area (TPSA) is 0 Å². The normalized spacial score (nSPS) is 11.3. The molecule has 0 aliphatic carbocycles. The monoisotopic (exact) mass is 608 g/mol. The highest BCUT2D eigenvalue weighted by atomic mass is 14.1. The van der Waals surface area contributed by atoms with E-state index in [1.165, 1.54) is 88.0 Å². The molecule has 0 aromatic heterocycles. The molecule has 0 saturated carbocycles. The van der Waals surface area contributed by atoms with Crippen molar-refractivity contribution in [2.45, 2.75) is 0 Å². The lowest BCUT2D eigenvalue weighted by molar-refractivity contribution is 1.58. The molecule has 48 heavy (non-hydrogen) atoms. The molecular formula is C48H32. The maximum absolute atomic E-state index is 2.34. The number of hydrogen-bond acceptors (Lipinski definition) is 0. The zero-order valence-corrected chi connectivity index (χ0v) is 26.5. The van der Waals surface area contributed by atoms with Crippen LogP contribution in [-0.4, -0.2) is 0 Å². The fourth-order valence-corrected chi connectivity index (χ4v) is 7.06. The van der Waals surface area contributed by atoms with Crippen molar-refractivity contribution in [1.82, 2.24) is 0 Å². The SMILES string of the molecule is c1ccc(-c2cc(-c3ccc4cc(-c5ccccc5)ccc4c3)cc(-c3ccc4cc(-c5cccc6ccccc56)ccc4c3)c2)cc1. The van der Waals surface area contributed by atoms with Gasteiger partial charge in [0.05, 0.1) is 0 Å². The van der Waals surface area contributed by atoms with Gasteiger partial charge >= 0.3 is 0 Å². The van der Waals surface area contributed by atoms with Crippen molar-refractivity contribution >= 4 is 32.3 Å². The summed E-state index contributed by atoms with van der Waals surface area (Å²) in [6.07, 6.45) is 0. The highest BCUT2D eigenvalue weighted by Gasteiger charge is 2.11. The van der Waals surface area contributed by atoms with E-state index in [9.17, 15) is 0 Å². The maximum atomic E-state index is 2.34. The van der Waals surface area contributed by atoms with Crippen molar-refractivity contribution in [3.05, 3.63) is 194 Å². The largest absolute Gasteiger partial charge is 0.0622 e. The second kappa shape index (κ2) is 11.8. The van der Waals surface area contributed by atoms with Gasteiger partial charge in [-0.15, -0.1) is 0 Å². The molecule has 0 atom stereocenters. The van der Waals surface area contributed by atoms with Crippen LogP contribution >= 0.6 is 0 Å². The Morgan fingerprint density at radius 1 is 0.188 bits per heavy atom. The minimum absolute atomic E-state index is 1.21. The summed E-state index contributed by atoms with van der Waals surface area (Å²) in [5.74, 6) is 0. The molecule has 0 unspecified atom stereocenters. The molecular weight excluding hydrogens is 577 g/mol. The Bertz CT molecular complexity index is 2590. The Labute approximate surface area is 281 Å². The van der Waals surface area contributed by atoms with Crippen molar-refractivity contribution in [3.8, 4) is 55.6 Å². The summed E-state index contributed by atoms with van der Waals surface area (Å²) in [7, 11) is 0. The summed E-state index contributed by atoms with van der Waals surface area (Å²) in [6, 6.07) is 70.9. The lowest BCUT2D eigenvalue weighted by atomic mass is 9.91. The van der Waals surface area contributed by atoms with Gasteiger partial charge in [0.15, 0.2) is 0 Å². The predicted octanol–water partition coefficient (Wildman–Crippen LogP) is 13.5. The van der Waals surface area contributed by atoms with Gasteiger partial charge in [-0.25, -0.2) is 0 Å². The number of benzene rings is 9. The minimum Gasteiger partial charge on any atom is -0.0622 e. The van der Waals surface area contributed by atoms with Crippen LogP contribution in [0, 0.1) is 0 Å². The van der Waals surface area contributed by atoms with E-state index in [2.05, 4.69) is 194 Å². The third-order valence-electron chi connectivity index (χ3n) is 9.60. The van der Waals surface area contributed by atoms with Gasteiger partial charge in [-0.1, -0.05) is 152 Å². The summed E-state index contributed by atoms with van der Waals surface area (Å²) in [5, 5.41) is 7.52. The Balaban J connectivity index is 1.13. The zero-order valence-electron chi connectivity index (χ0n) is 26.5. The van der Waals surface area contributed by atoms with E-state index in [-0.39, 0.29) is 0 Å². The van der Waals surface area contributed by atoms with Crippen LogP contribution in [-0.2, 0) is 0 Å². The second-order valence-electron chi connectivity index (χ2n) is 12.6. The molecule has 0 saturated heterocycles. The van der Waals surface area contributed by atoms with Gasteiger partial charge < -0.3 is 0 Å². The third-order valence-corrected chi connectivity index (χ3v) is 9.60. The molecule has 224 valence electrons. The molecule has 0 fully saturated rings. The van der Waals surface area contributed by atoms with E-state index in [4.69, 9.17) is 0 Å². The lowest BCUT2D eigenvalue weighted by Crippen LogP contribution is -1.87. The van der Waals surface area contributed by atoms with Crippen molar-refractivity contribution in [2.75, 3.05) is 0 Å². The molecule has 0 bridgehead atoms. The second-order valence-corrected chi connectivity index (χ2v) is 12.6. The van der Waals surface area contributed by atoms with E-state index >= 15 is 0 Å². The molecule has 0 N–H and O–H groups in total. The van der Waals surface area contributed by atoms with E-state index in [0.717, 1.165) is 0 Å². The first-order chi connectivity index (χ1) is 23.7. The van der Waals surface area contributed by atoms with Crippen LogP contribution < -0.4 is 0 Å². The lowest BCUT2D eigenvalue weighted by Gasteiger charge is -2.13. The maximum Gasteiger partial charge on any atom is -0.0105 e. The molecule has 9 rings (SSSR count). The molecule has 0 spiro atoms. The molecule has 0 radical (unpaired) electrons. The Morgan fingerprint density at radius 3 is 1.15 bits per heavy atom.